The van der Waals surface area contributed by atoms with Crippen molar-refractivity contribution in [3.63, 3.8) is 0 Å². The summed E-state index contributed by atoms with van der Waals surface area (Å²) in [5.41, 5.74) is 9.49. The Hall–Kier alpha value is -2.82. The third-order valence-electron chi connectivity index (χ3n) is 5.12. The summed E-state index contributed by atoms with van der Waals surface area (Å²) >= 11 is 0. The van der Waals surface area contributed by atoms with Crippen LogP contribution in [0, 0.1) is 6.92 Å². The first-order chi connectivity index (χ1) is 12.0. The number of imidazole rings is 1. The van der Waals surface area contributed by atoms with Crippen molar-refractivity contribution in [1.29, 1.82) is 0 Å². The van der Waals surface area contributed by atoms with E-state index < -0.39 is 5.91 Å². The van der Waals surface area contributed by atoms with Crippen LogP contribution in [0.5, 0.6) is 5.75 Å². The highest BCUT2D eigenvalue weighted by Gasteiger charge is 2.24. The second-order valence-electron chi connectivity index (χ2n) is 6.81. The number of aromatic nitrogens is 2. The van der Waals surface area contributed by atoms with Gasteiger partial charge in [-0.15, -0.1) is 0 Å². The molecule has 1 amide bonds. The van der Waals surface area contributed by atoms with Crippen molar-refractivity contribution in [3.05, 3.63) is 47.5 Å². The summed E-state index contributed by atoms with van der Waals surface area (Å²) < 4.78 is 2.29. The summed E-state index contributed by atoms with van der Waals surface area (Å²) in [6, 6.07) is 11.4. The lowest BCUT2D eigenvalue weighted by atomic mass is 10.1. The van der Waals surface area contributed by atoms with Gasteiger partial charge in [-0.1, -0.05) is 12.8 Å². The number of carbonyl (C=O) groups is 1. The molecule has 5 nitrogen and oxygen atoms in total. The summed E-state index contributed by atoms with van der Waals surface area (Å²) in [4.78, 5) is 16.3. The molecule has 128 valence electrons. The van der Waals surface area contributed by atoms with E-state index in [0.717, 1.165) is 40.8 Å². The van der Waals surface area contributed by atoms with E-state index in [9.17, 15) is 9.90 Å². The van der Waals surface area contributed by atoms with E-state index in [1.807, 2.05) is 25.1 Å². The molecule has 4 rings (SSSR count). The Morgan fingerprint density at radius 1 is 1.20 bits per heavy atom. The number of phenols is 1. The van der Waals surface area contributed by atoms with Crippen LogP contribution in [0.25, 0.3) is 22.4 Å². The quantitative estimate of drug-likeness (QED) is 0.761. The number of primary amides is 1. The molecule has 0 saturated heterocycles. The minimum Gasteiger partial charge on any atom is -0.508 e. The van der Waals surface area contributed by atoms with Gasteiger partial charge in [-0.25, -0.2) is 4.98 Å². The average molecular weight is 335 g/mol. The molecule has 1 heterocycles. The summed E-state index contributed by atoms with van der Waals surface area (Å²) in [5, 5.41) is 9.83. The molecule has 0 radical (unpaired) electrons. The molecule has 0 unspecified atom stereocenters. The molecule has 1 aromatic heterocycles. The number of carbonyl (C=O) groups excluding carboxylic acids is 1. The molecular weight excluding hydrogens is 314 g/mol. The molecule has 1 fully saturated rings. The zero-order chi connectivity index (χ0) is 17.6. The maximum atomic E-state index is 11.5. The zero-order valence-corrected chi connectivity index (χ0v) is 14.2. The third kappa shape index (κ3) is 2.65. The van der Waals surface area contributed by atoms with E-state index in [4.69, 9.17) is 10.7 Å². The molecule has 0 atom stereocenters. The number of nitrogens with two attached hydrogens (primary N) is 1. The molecule has 1 aliphatic carbocycles. The lowest BCUT2D eigenvalue weighted by Crippen LogP contribution is -2.10. The molecule has 25 heavy (non-hydrogen) atoms. The molecule has 1 aliphatic rings. The van der Waals surface area contributed by atoms with Gasteiger partial charge in [0.15, 0.2) is 0 Å². The van der Waals surface area contributed by atoms with Gasteiger partial charge in [0.2, 0.25) is 5.91 Å². The van der Waals surface area contributed by atoms with E-state index >= 15 is 0 Å². The predicted molar refractivity (Wildman–Crippen MR) is 97.6 cm³/mol. The van der Waals surface area contributed by atoms with Crippen LogP contribution < -0.4 is 5.73 Å². The lowest BCUT2D eigenvalue weighted by Gasteiger charge is -2.17. The van der Waals surface area contributed by atoms with Crippen molar-refractivity contribution in [1.82, 2.24) is 9.55 Å². The summed E-state index contributed by atoms with van der Waals surface area (Å²) in [6.07, 6.45) is 4.70. The number of amides is 1. The lowest BCUT2D eigenvalue weighted by molar-refractivity contribution is 0.100. The molecule has 0 aliphatic heterocycles. The van der Waals surface area contributed by atoms with Gasteiger partial charge in [-0.05, 0) is 61.7 Å². The third-order valence-corrected chi connectivity index (χ3v) is 5.12. The minimum atomic E-state index is -0.445. The number of hydrogen-bond acceptors (Lipinski definition) is 3. The van der Waals surface area contributed by atoms with E-state index in [2.05, 4.69) is 4.57 Å². The molecule has 1 saturated carbocycles. The molecule has 0 bridgehead atoms. The summed E-state index contributed by atoms with van der Waals surface area (Å²) in [7, 11) is 0. The monoisotopic (exact) mass is 335 g/mol. The van der Waals surface area contributed by atoms with Crippen molar-refractivity contribution in [2.24, 2.45) is 5.73 Å². The fourth-order valence-corrected chi connectivity index (χ4v) is 3.78. The SMILES string of the molecule is Cc1cc(-c2nc3cc(C(N)=O)ccc3n2C2CCCC2)ccc1O. The van der Waals surface area contributed by atoms with Crippen LogP contribution in [0.15, 0.2) is 36.4 Å². The Morgan fingerprint density at radius 2 is 1.96 bits per heavy atom. The van der Waals surface area contributed by atoms with Crippen molar-refractivity contribution in [2.45, 2.75) is 38.6 Å². The van der Waals surface area contributed by atoms with Gasteiger partial charge in [0, 0.05) is 17.2 Å². The maximum Gasteiger partial charge on any atom is 0.248 e. The maximum absolute atomic E-state index is 11.5. The molecule has 5 heteroatoms. The number of hydrogen-bond donors (Lipinski definition) is 2. The van der Waals surface area contributed by atoms with E-state index in [-0.39, 0.29) is 5.75 Å². The highest BCUT2D eigenvalue weighted by atomic mass is 16.3. The highest BCUT2D eigenvalue weighted by molar-refractivity contribution is 5.96. The fourth-order valence-electron chi connectivity index (χ4n) is 3.78. The van der Waals surface area contributed by atoms with Crippen molar-refractivity contribution in [3.8, 4) is 17.1 Å². The van der Waals surface area contributed by atoms with Gasteiger partial charge >= 0.3 is 0 Å². The number of benzene rings is 2. The van der Waals surface area contributed by atoms with Crippen LogP contribution in [-0.4, -0.2) is 20.6 Å². The Bertz CT molecular complexity index is 968. The Balaban J connectivity index is 1.95. The van der Waals surface area contributed by atoms with Gasteiger partial charge in [-0.3, -0.25) is 4.79 Å². The number of phenolic OH excluding ortho intramolecular Hbond substituents is 1. The van der Waals surface area contributed by atoms with Gasteiger partial charge in [0.05, 0.1) is 11.0 Å². The second kappa shape index (κ2) is 5.92. The van der Waals surface area contributed by atoms with Crippen LogP contribution in [-0.2, 0) is 0 Å². The second-order valence-corrected chi connectivity index (χ2v) is 6.81. The van der Waals surface area contributed by atoms with Crippen molar-refractivity contribution >= 4 is 16.9 Å². The van der Waals surface area contributed by atoms with Gasteiger partial charge in [0.25, 0.3) is 0 Å². The minimum absolute atomic E-state index is 0.281. The number of fused-ring (bicyclic) bond motifs is 1. The van der Waals surface area contributed by atoms with E-state index in [1.54, 1.807) is 18.2 Å². The molecule has 3 N–H and O–H groups in total. The van der Waals surface area contributed by atoms with Crippen LogP contribution >= 0.6 is 0 Å². The van der Waals surface area contributed by atoms with Crippen LogP contribution in [0.3, 0.4) is 0 Å². The Labute approximate surface area is 146 Å². The first-order valence-corrected chi connectivity index (χ1v) is 8.66. The fraction of sp³-hybridized carbons (Fsp3) is 0.300. The van der Waals surface area contributed by atoms with Gasteiger partial charge in [-0.2, -0.15) is 0 Å². The number of aryl methyl sites for hydroxylation is 1. The van der Waals surface area contributed by atoms with E-state index in [0.29, 0.717) is 11.6 Å². The zero-order valence-electron chi connectivity index (χ0n) is 14.2. The predicted octanol–water partition coefficient (Wildman–Crippen LogP) is 3.93. The normalized spacial score (nSPS) is 15.1. The van der Waals surface area contributed by atoms with Crippen LogP contribution in [0.2, 0.25) is 0 Å². The molecule has 0 spiro atoms. The highest BCUT2D eigenvalue weighted by Crippen LogP contribution is 2.37. The number of nitrogens with zero attached hydrogens (tertiary/aromatic N) is 2. The molecule has 2 aromatic carbocycles. The van der Waals surface area contributed by atoms with E-state index in [1.165, 1.54) is 12.8 Å². The topological polar surface area (TPSA) is 81.1 Å². The largest absolute Gasteiger partial charge is 0.508 e. The molecule has 3 aromatic rings. The Morgan fingerprint density at radius 3 is 2.64 bits per heavy atom. The van der Waals surface area contributed by atoms with Gasteiger partial charge < -0.3 is 15.4 Å². The standard InChI is InChI=1S/C20H21N3O2/c1-12-10-14(7-9-18(12)24)20-22-16-11-13(19(21)25)6-8-17(16)23(20)15-4-2-3-5-15/h6-11,15,24H,2-5H2,1H3,(H2,21,25). The van der Waals surface area contributed by atoms with Crippen molar-refractivity contribution in [2.75, 3.05) is 0 Å². The summed E-state index contributed by atoms with van der Waals surface area (Å²) in [6.45, 7) is 1.88. The summed E-state index contributed by atoms with van der Waals surface area (Å²) in [5.74, 6) is 0.717. The first-order valence-electron chi connectivity index (χ1n) is 8.66. The molecular formula is C20H21N3O2. The smallest absolute Gasteiger partial charge is 0.248 e. The number of aromatic hydroxyl groups is 1. The Kier molecular flexibility index (Phi) is 3.71. The van der Waals surface area contributed by atoms with Crippen LogP contribution in [0.4, 0.5) is 0 Å². The van der Waals surface area contributed by atoms with Crippen molar-refractivity contribution < 1.29 is 9.90 Å². The van der Waals surface area contributed by atoms with Crippen LogP contribution in [0.1, 0.15) is 47.6 Å². The number of rotatable bonds is 3. The van der Waals surface area contributed by atoms with Gasteiger partial charge in [0.1, 0.15) is 11.6 Å². The average Bonchev–Trinajstić information content (AvgIpc) is 3.23. The first kappa shape index (κ1) is 15.7.